The molecule has 1 heterocycles. The molecule has 1 atom stereocenters. The number of benzene rings is 1. The molecule has 1 aliphatic heterocycles. The van der Waals surface area contributed by atoms with Crippen LogP contribution < -0.4 is 11.1 Å². The number of nitrogens with one attached hydrogen (secondary N) is 1. The SMILES string of the molecule is CCN1CCC(CNC(=O)c2ccc(CN)cc2)C1. The third-order valence-corrected chi connectivity index (χ3v) is 3.82. The van der Waals surface area contributed by atoms with E-state index < -0.39 is 0 Å². The quantitative estimate of drug-likeness (QED) is 0.838. The van der Waals surface area contributed by atoms with Crippen LogP contribution in [0.15, 0.2) is 24.3 Å². The molecular weight excluding hydrogens is 238 g/mol. The summed E-state index contributed by atoms with van der Waals surface area (Å²) >= 11 is 0. The zero-order valence-corrected chi connectivity index (χ0v) is 11.6. The Kier molecular flexibility index (Phi) is 4.93. The molecule has 3 N–H and O–H groups in total. The summed E-state index contributed by atoms with van der Waals surface area (Å²) < 4.78 is 0. The van der Waals surface area contributed by atoms with Crippen LogP contribution in [-0.4, -0.2) is 37.0 Å². The maximum Gasteiger partial charge on any atom is 0.251 e. The van der Waals surface area contributed by atoms with Crippen molar-refractivity contribution in [2.75, 3.05) is 26.2 Å². The average molecular weight is 261 g/mol. The van der Waals surface area contributed by atoms with Crippen LogP contribution >= 0.6 is 0 Å². The summed E-state index contributed by atoms with van der Waals surface area (Å²) in [5.74, 6) is 0.603. The topological polar surface area (TPSA) is 58.4 Å². The van der Waals surface area contributed by atoms with Crippen molar-refractivity contribution in [3.63, 3.8) is 0 Å². The van der Waals surface area contributed by atoms with Gasteiger partial charge in [-0.25, -0.2) is 0 Å². The zero-order chi connectivity index (χ0) is 13.7. The molecule has 1 saturated heterocycles. The summed E-state index contributed by atoms with van der Waals surface area (Å²) in [6, 6.07) is 7.49. The lowest BCUT2D eigenvalue weighted by molar-refractivity contribution is 0.0947. The fourth-order valence-corrected chi connectivity index (χ4v) is 2.50. The van der Waals surface area contributed by atoms with Crippen molar-refractivity contribution in [1.82, 2.24) is 10.2 Å². The highest BCUT2D eigenvalue weighted by molar-refractivity contribution is 5.94. The van der Waals surface area contributed by atoms with Crippen molar-refractivity contribution in [3.8, 4) is 0 Å². The molecule has 0 bridgehead atoms. The average Bonchev–Trinajstić information content (AvgIpc) is 2.93. The number of nitrogens with zero attached hydrogens (tertiary/aromatic N) is 1. The van der Waals surface area contributed by atoms with Crippen LogP contribution in [0.2, 0.25) is 0 Å². The summed E-state index contributed by atoms with van der Waals surface area (Å²) in [7, 11) is 0. The van der Waals surface area contributed by atoms with Crippen LogP contribution in [0, 0.1) is 5.92 Å². The molecule has 4 heteroatoms. The van der Waals surface area contributed by atoms with E-state index in [0.29, 0.717) is 18.0 Å². The second-order valence-electron chi connectivity index (χ2n) is 5.16. The molecule has 0 saturated carbocycles. The van der Waals surface area contributed by atoms with E-state index in [1.807, 2.05) is 24.3 Å². The number of hydrogen-bond acceptors (Lipinski definition) is 3. The van der Waals surface area contributed by atoms with E-state index in [0.717, 1.165) is 31.7 Å². The summed E-state index contributed by atoms with van der Waals surface area (Å²) in [5.41, 5.74) is 7.30. The second-order valence-corrected chi connectivity index (χ2v) is 5.16. The largest absolute Gasteiger partial charge is 0.352 e. The lowest BCUT2D eigenvalue weighted by atomic mass is 10.1. The Labute approximate surface area is 115 Å². The monoisotopic (exact) mass is 261 g/mol. The van der Waals surface area contributed by atoms with Gasteiger partial charge in [-0.05, 0) is 43.1 Å². The van der Waals surface area contributed by atoms with Crippen molar-refractivity contribution < 1.29 is 4.79 Å². The van der Waals surface area contributed by atoms with Gasteiger partial charge in [0.25, 0.3) is 5.91 Å². The minimum Gasteiger partial charge on any atom is -0.352 e. The number of carbonyl (C=O) groups excluding carboxylic acids is 1. The number of likely N-dealkylation sites (tertiary alicyclic amines) is 1. The molecule has 4 nitrogen and oxygen atoms in total. The van der Waals surface area contributed by atoms with E-state index in [2.05, 4.69) is 17.1 Å². The molecule has 0 radical (unpaired) electrons. The molecule has 0 spiro atoms. The van der Waals surface area contributed by atoms with Gasteiger partial charge in [0.1, 0.15) is 0 Å². The molecule has 1 unspecified atom stereocenters. The fraction of sp³-hybridized carbons (Fsp3) is 0.533. The van der Waals surface area contributed by atoms with E-state index in [1.165, 1.54) is 6.42 Å². The van der Waals surface area contributed by atoms with Gasteiger partial charge in [0.2, 0.25) is 0 Å². The molecule has 0 aliphatic carbocycles. The van der Waals surface area contributed by atoms with Gasteiger partial charge in [-0.15, -0.1) is 0 Å². The number of rotatable bonds is 5. The van der Waals surface area contributed by atoms with Gasteiger partial charge < -0.3 is 16.0 Å². The van der Waals surface area contributed by atoms with Crippen LogP contribution in [0.3, 0.4) is 0 Å². The molecular formula is C15H23N3O. The minimum absolute atomic E-state index is 0.0125. The second kappa shape index (κ2) is 6.68. The van der Waals surface area contributed by atoms with Gasteiger partial charge in [-0.2, -0.15) is 0 Å². The van der Waals surface area contributed by atoms with Gasteiger partial charge >= 0.3 is 0 Å². The van der Waals surface area contributed by atoms with E-state index in [1.54, 1.807) is 0 Å². The number of amides is 1. The molecule has 1 aromatic rings. The Morgan fingerprint density at radius 1 is 1.42 bits per heavy atom. The van der Waals surface area contributed by atoms with Crippen molar-refractivity contribution in [2.45, 2.75) is 19.9 Å². The Balaban J connectivity index is 1.80. The Bertz CT molecular complexity index is 416. The molecule has 1 amide bonds. The molecule has 19 heavy (non-hydrogen) atoms. The van der Waals surface area contributed by atoms with Crippen LogP contribution in [0.5, 0.6) is 0 Å². The minimum atomic E-state index is 0.0125. The maximum absolute atomic E-state index is 12.0. The number of nitrogens with two attached hydrogens (primary N) is 1. The summed E-state index contributed by atoms with van der Waals surface area (Å²) in [6.07, 6.45) is 1.18. The third kappa shape index (κ3) is 3.78. The molecule has 104 valence electrons. The third-order valence-electron chi connectivity index (χ3n) is 3.82. The predicted molar refractivity (Wildman–Crippen MR) is 76.9 cm³/mol. The summed E-state index contributed by atoms with van der Waals surface area (Å²) in [4.78, 5) is 14.4. The van der Waals surface area contributed by atoms with Crippen LogP contribution in [0.25, 0.3) is 0 Å². The van der Waals surface area contributed by atoms with Crippen molar-refractivity contribution in [3.05, 3.63) is 35.4 Å². The zero-order valence-electron chi connectivity index (χ0n) is 11.6. The van der Waals surface area contributed by atoms with Gasteiger partial charge in [0.05, 0.1) is 0 Å². The fourth-order valence-electron chi connectivity index (χ4n) is 2.50. The highest BCUT2D eigenvalue weighted by Gasteiger charge is 2.21. The van der Waals surface area contributed by atoms with Gasteiger partial charge in [-0.1, -0.05) is 19.1 Å². The first-order chi connectivity index (χ1) is 9.22. The highest BCUT2D eigenvalue weighted by atomic mass is 16.1. The lowest BCUT2D eigenvalue weighted by Crippen LogP contribution is -2.31. The van der Waals surface area contributed by atoms with E-state index in [-0.39, 0.29) is 5.91 Å². The van der Waals surface area contributed by atoms with Crippen molar-refractivity contribution in [2.24, 2.45) is 11.7 Å². The first-order valence-electron chi connectivity index (χ1n) is 7.02. The maximum atomic E-state index is 12.0. The predicted octanol–water partition coefficient (Wildman–Crippen LogP) is 1.22. The first-order valence-corrected chi connectivity index (χ1v) is 7.02. The molecule has 0 aromatic heterocycles. The van der Waals surface area contributed by atoms with E-state index in [4.69, 9.17) is 5.73 Å². The normalized spacial score (nSPS) is 19.6. The van der Waals surface area contributed by atoms with Crippen LogP contribution in [0.1, 0.15) is 29.3 Å². The first kappa shape index (κ1) is 14.0. The Hall–Kier alpha value is -1.39. The smallest absolute Gasteiger partial charge is 0.251 e. The van der Waals surface area contributed by atoms with Gasteiger partial charge in [0, 0.05) is 25.2 Å². The number of carbonyl (C=O) groups is 1. The van der Waals surface area contributed by atoms with E-state index in [9.17, 15) is 4.79 Å². The van der Waals surface area contributed by atoms with Crippen molar-refractivity contribution >= 4 is 5.91 Å². The van der Waals surface area contributed by atoms with Gasteiger partial charge in [0.15, 0.2) is 0 Å². The summed E-state index contributed by atoms with van der Waals surface area (Å²) in [5, 5.41) is 3.03. The Morgan fingerprint density at radius 2 is 2.16 bits per heavy atom. The molecule has 1 aromatic carbocycles. The molecule has 1 fully saturated rings. The standard InChI is InChI=1S/C15H23N3O/c1-2-18-8-7-13(11-18)10-17-15(19)14-5-3-12(9-16)4-6-14/h3-6,13H,2,7-11,16H2,1H3,(H,17,19). The van der Waals surface area contributed by atoms with Crippen molar-refractivity contribution in [1.29, 1.82) is 0 Å². The number of hydrogen-bond donors (Lipinski definition) is 2. The van der Waals surface area contributed by atoms with E-state index >= 15 is 0 Å². The Morgan fingerprint density at radius 3 is 2.74 bits per heavy atom. The molecule has 1 aliphatic rings. The van der Waals surface area contributed by atoms with Crippen LogP contribution in [-0.2, 0) is 6.54 Å². The highest BCUT2D eigenvalue weighted by Crippen LogP contribution is 2.14. The van der Waals surface area contributed by atoms with Gasteiger partial charge in [-0.3, -0.25) is 4.79 Å². The lowest BCUT2D eigenvalue weighted by Gasteiger charge is -2.13. The van der Waals surface area contributed by atoms with Crippen LogP contribution in [0.4, 0.5) is 0 Å². The molecule has 2 rings (SSSR count). The summed E-state index contributed by atoms with van der Waals surface area (Å²) in [6.45, 7) is 6.82.